The van der Waals surface area contributed by atoms with Crippen molar-refractivity contribution in [3.8, 4) is 5.75 Å². The van der Waals surface area contributed by atoms with Gasteiger partial charge in [0.2, 0.25) is 0 Å². The van der Waals surface area contributed by atoms with Crippen LogP contribution in [0.4, 0.5) is 5.69 Å². The van der Waals surface area contributed by atoms with Gasteiger partial charge in [-0.15, -0.1) is 0 Å². The fraction of sp³-hybridized carbons (Fsp3) is 0.143. The topological polar surface area (TPSA) is 112 Å². The number of nitrogens with one attached hydrogen (secondary N) is 1. The Morgan fingerprint density at radius 3 is 2.80 bits per heavy atom. The number of hydrogen-bond acceptors (Lipinski definition) is 7. The van der Waals surface area contributed by atoms with E-state index < -0.39 is 17.5 Å². The number of nitrogens with zero attached hydrogens (tertiary/aromatic N) is 2. The molecule has 1 amide bonds. The molecular weight excluding hydrogens is 390 g/mol. The molecule has 1 aromatic carbocycles. The number of fused-ring (bicyclic) bond motifs is 2. The lowest BCUT2D eigenvalue weighted by atomic mass is 10.1. The molecule has 1 N–H and O–H groups in total. The molecule has 0 bridgehead atoms. The van der Waals surface area contributed by atoms with Crippen molar-refractivity contribution >= 4 is 34.0 Å². The third-order valence-corrected chi connectivity index (χ3v) is 4.46. The third kappa shape index (κ3) is 3.37. The number of amides is 1. The molecule has 0 aliphatic rings. The van der Waals surface area contributed by atoms with E-state index in [2.05, 4.69) is 10.4 Å². The first-order valence-electron chi connectivity index (χ1n) is 9.08. The van der Waals surface area contributed by atoms with Crippen molar-refractivity contribution in [2.45, 2.75) is 6.92 Å². The monoisotopic (exact) mass is 407 g/mol. The molecule has 0 unspecified atom stereocenters. The molecule has 0 saturated carbocycles. The summed E-state index contributed by atoms with van der Waals surface area (Å²) in [5.74, 6) is -0.760. The zero-order chi connectivity index (χ0) is 21.3. The quantitative estimate of drug-likeness (QED) is 0.400. The fourth-order valence-electron chi connectivity index (χ4n) is 3.06. The SMILES string of the molecule is CCOC(=O)c1cnn2ccc(NC(=O)c3cc4cccc(OC)c4oc3=O)cc12. The molecule has 0 fully saturated rings. The number of para-hydroxylation sites is 1. The van der Waals surface area contributed by atoms with Crippen molar-refractivity contribution in [2.75, 3.05) is 19.0 Å². The molecule has 9 heteroatoms. The average Bonchev–Trinajstić information content (AvgIpc) is 3.16. The van der Waals surface area contributed by atoms with Crippen LogP contribution in [0, 0.1) is 0 Å². The molecule has 3 heterocycles. The molecule has 4 aromatic rings. The van der Waals surface area contributed by atoms with Gasteiger partial charge in [-0.3, -0.25) is 4.79 Å². The maximum absolute atomic E-state index is 12.7. The maximum atomic E-state index is 12.7. The van der Waals surface area contributed by atoms with E-state index in [0.717, 1.165) is 0 Å². The van der Waals surface area contributed by atoms with Gasteiger partial charge in [-0.05, 0) is 31.2 Å². The first-order valence-corrected chi connectivity index (χ1v) is 9.08. The first-order chi connectivity index (χ1) is 14.5. The Morgan fingerprint density at radius 1 is 1.20 bits per heavy atom. The average molecular weight is 407 g/mol. The van der Waals surface area contributed by atoms with E-state index in [1.165, 1.54) is 23.9 Å². The van der Waals surface area contributed by atoms with E-state index >= 15 is 0 Å². The van der Waals surface area contributed by atoms with Crippen LogP contribution >= 0.6 is 0 Å². The number of carbonyl (C=O) groups is 2. The fourth-order valence-corrected chi connectivity index (χ4v) is 3.06. The van der Waals surface area contributed by atoms with Gasteiger partial charge in [0.15, 0.2) is 11.3 Å². The highest BCUT2D eigenvalue weighted by Gasteiger charge is 2.18. The van der Waals surface area contributed by atoms with Gasteiger partial charge in [-0.25, -0.2) is 14.1 Å². The van der Waals surface area contributed by atoms with Crippen LogP contribution in [0.2, 0.25) is 0 Å². The molecule has 3 aromatic heterocycles. The Bertz CT molecular complexity index is 1340. The summed E-state index contributed by atoms with van der Waals surface area (Å²) in [6.45, 7) is 1.94. The second kappa shape index (κ2) is 7.70. The van der Waals surface area contributed by atoms with E-state index in [1.807, 2.05) is 0 Å². The zero-order valence-corrected chi connectivity index (χ0v) is 16.2. The van der Waals surface area contributed by atoms with Crippen molar-refractivity contribution in [2.24, 2.45) is 0 Å². The second-order valence-corrected chi connectivity index (χ2v) is 6.30. The van der Waals surface area contributed by atoms with E-state index in [4.69, 9.17) is 13.9 Å². The van der Waals surface area contributed by atoms with E-state index in [0.29, 0.717) is 22.3 Å². The Labute approximate surface area is 169 Å². The Morgan fingerprint density at radius 2 is 2.03 bits per heavy atom. The highest BCUT2D eigenvalue weighted by molar-refractivity contribution is 6.06. The molecule has 4 rings (SSSR count). The van der Waals surface area contributed by atoms with Crippen molar-refractivity contribution in [3.63, 3.8) is 0 Å². The summed E-state index contributed by atoms with van der Waals surface area (Å²) in [6.07, 6.45) is 2.98. The van der Waals surface area contributed by atoms with Gasteiger partial charge in [0.1, 0.15) is 11.1 Å². The van der Waals surface area contributed by atoms with E-state index in [-0.39, 0.29) is 23.3 Å². The number of pyridine rings is 1. The smallest absolute Gasteiger partial charge is 0.349 e. The Hall–Kier alpha value is -4.14. The molecule has 0 radical (unpaired) electrons. The van der Waals surface area contributed by atoms with Gasteiger partial charge in [0, 0.05) is 17.3 Å². The van der Waals surface area contributed by atoms with Crippen LogP contribution < -0.4 is 15.7 Å². The molecule has 0 aliphatic heterocycles. The van der Waals surface area contributed by atoms with Crippen LogP contribution in [-0.2, 0) is 4.74 Å². The summed E-state index contributed by atoms with van der Waals surface area (Å²) in [4.78, 5) is 37.1. The van der Waals surface area contributed by atoms with Crippen LogP contribution in [0.5, 0.6) is 5.75 Å². The summed E-state index contributed by atoms with van der Waals surface area (Å²) < 4.78 is 17.0. The van der Waals surface area contributed by atoms with Crippen LogP contribution in [0.15, 0.2) is 58.0 Å². The van der Waals surface area contributed by atoms with Crippen LogP contribution in [0.25, 0.3) is 16.5 Å². The van der Waals surface area contributed by atoms with Crippen molar-refractivity contribution < 1.29 is 23.5 Å². The van der Waals surface area contributed by atoms with Crippen LogP contribution in [0.3, 0.4) is 0 Å². The summed E-state index contributed by atoms with van der Waals surface area (Å²) in [5, 5.41) is 7.29. The molecule has 152 valence electrons. The summed E-state index contributed by atoms with van der Waals surface area (Å²) in [6, 6.07) is 9.71. The summed E-state index contributed by atoms with van der Waals surface area (Å²) in [7, 11) is 1.46. The van der Waals surface area contributed by atoms with E-state index in [1.54, 1.807) is 43.5 Å². The van der Waals surface area contributed by atoms with Gasteiger partial charge in [0.05, 0.1) is 25.4 Å². The number of hydrogen-bond donors (Lipinski definition) is 1. The lowest BCUT2D eigenvalue weighted by molar-refractivity contribution is 0.0528. The summed E-state index contributed by atoms with van der Waals surface area (Å²) in [5.41, 5.74) is 0.425. The van der Waals surface area contributed by atoms with Gasteiger partial charge in [-0.2, -0.15) is 5.10 Å². The van der Waals surface area contributed by atoms with Gasteiger partial charge >= 0.3 is 11.6 Å². The lowest BCUT2D eigenvalue weighted by Crippen LogP contribution is -2.20. The maximum Gasteiger partial charge on any atom is 0.349 e. The second-order valence-electron chi connectivity index (χ2n) is 6.30. The van der Waals surface area contributed by atoms with Crippen LogP contribution in [0.1, 0.15) is 27.6 Å². The molecule has 30 heavy (non-hydrogen) atoms. The van der Waals surface area contributed by atoms with Crippen molar-refractivity contribution in [1.29, 1.82) is 0 Å². The predicted octanol–water partition coefficient (Wildman–Crippen LogP) is 2.88. The Kier molecular flexibility index (Phi) is 4.93. The van der Waals surface area contributed by atoms with Gasteiger partial charge < -0.3 is 19.2 Å². The predicted molar refractivity (Wildman–Crippen MR) is 108 cm³/mol. The van der Waals surface area contributed by atoms with Gasteiger partial charge in [-0.1, -0.05) is 12.1 Å². The number of benzene rings is 1. The number of aromatic nitrogens is 2. The first kappa shape index (κ1) is 19.2. The van der Waals surface area contributed by atoms with Crippen molar-refractivity contribution in [3.05, 3.63) is 70.3 Å². The molecule has 9 nitrogen and oxygen atoms in total. The minimum absolute atomic E-state index is 0.158. The zero-order valence-electron chi connectivity index (χ0n) is 16.2. The number of anilines is 1. The normalized spacial score (nSPS) is 10.9. The lowest BCUT2D eigenvalue weighted by Gasteiger charge is -2.08. The number of methoxy groups -OCH3 is 1. The highest BCUT2D eigenvalue weighted by Crippen LogP contribution is 2.25. The van der Waals surface area contributed by atoms with Gasteiger partial charge in [0.25, 0.3) is 5.91 Å². The molecular formula is C21H17N3O6. The minimum Gasteiger partial charge on any atom is -0.493 e. The largest absolute Gasteiger partial charge is 0.493 e. The molecule has 0 aliphatic carbocycles. The van der Waals surface area contributed by atoms with Crippen LogP contribution in [-0.4, -0.2) is 35.2 Å². The highest BCUT2D eigenvalue weighted by atomic mass is 16.5. The standard InChI is InChI=1S/C21H17N3O6/c1-3-29-20(26)15-11-22-24-8-7-13(10-16(15)24)23-19(25)14-9-12-5-4-6-17(28-2)18(12)30-21(14)27/h4-11H,3H2,1-2H3,(H,23,25). The van der Waals surface area contributed by atoms with E-state index in [9.17, 15) is 14.4 Å². The molecule has 0 atom stereocenters. The minimum atomic E-state index is -0.790. The number of ether oxygens (including phenoxy) is 2. The molecule has 0 saturated heterocycles. The van der Waals surface area contributed by atoms with Crippen molar-refractivity contribution in [1.82, 2.24) is 9.61 Å². The molecule has 0 spiro atoms. The number of carbonyl (C=O) groups excluding carboxylic acids is 2. The number of rotatable bonds is 5. The number of esters is 1. The Balaban J connectivity index is 1.68. The third-order valence-electron chi connectivity index (χ3n) is 4.46. The summed E-state index contributed by atoms with van der Waals surface area (Å²) >= 11 is 0.